The Morgan fingerprint density at radius 3 is 2.48 bits per heavy atom. The summed E-state index contributed by atoms with van der Waals surface area (Å²) in [5.74, 6) is -0.544. The van der Waals surface area contributed by atoms with Gasteiger partial charge in [0.1, 0.15) is 18.5 Å². The van der Waals surface area contributed by atoms with Gasteiger partial charge in [0.05, 0.1) is 17.6 Å². The SMILES string of the molecule is CCCC(=O)Nc1ccc(OCC(CNC(C)C)OC(=O)CCCON(O)O)c(C(C)=O)c1. The molecule has 33 heavy (non-hydrogen) atoms. The molecule has 0 heterocycles. The lowest BCUT2D eigenvalue weighted by Gasteiger charge is -2.21. The number of ether oxygens (including phenoxy) is 2. The number of benzene rings is 1. The third kappa shape index (κ3) is 12.3. The van der Waals surface area contributed by atoms with Crippen LogP contribution in [0.25, 0.3) is 0 Å². The molecule has 0 fully saturated rings. The Labute approximate surface area is 193 Å². The third-order valence-electron chi connectivity index (χ3n) is 4.33. The molecule has 1 aromatic carbocycles. The van der Waals surface area contributed by atoms with Gasteiger partial charge >= 0.3 is 5.97 Å². The van der Waals surface area contributed by atoms with Crippen LogP contribution in [0.4, 0.5) is 5.69 Å². The lowest BCUT2D eigenvalue weighted by Crippen LogP contribution is -2.38. The number of carbonyl (C=O) groups is 3. The minimum atomic E-state index is -0.628. The molecule has 0 spiro atoms. The fourth-order valence-corrected chi connectivity index (χ4v) is 2.75. The van der Waals surface area contributed by atoms with Crippen molar-refractivity contribution in [3.05, 3.63) is 23.8 Å². The number of carbonyl (C=O) groups excluding carboxylic acids is 3. The van der Waals surface area contributed by atoms with Gasteiger partial charge in [-0.05, 0) is 38.0 Å². The predicted molar refractivity (Wildman–Crippen MR) is 119 cm³/mol. The summed E-state index contributed by atoms with van der Waals surface area (Å²) in [7, 11) is 0. The first kappa shape index (κ1) is 28.5. The van der Waals surface area contributed by atoms with Gasteiger partial charge in [0.15, 0.2) is 5.78 Å². The monoisotopic (exact) mass is 469 g/mol. The Kier molecular flexibility index (Phi) is 13.2. The highest BCUT2D eigenvalue weighted by Crippen LogP contribution is 2.24. The number of hydrogen-bond donors (Lipinski definition) is 4. The number of anilines is 1. The molecule has 0 radical (unpaired) electrons. The topological polar surface area (TPSA) is 147 Å². The molecule has 1 atom stereocenters. The van der Waals surface area contributed by atoms with E-state index >= 15 is 0 Å². The van der Waals surface area contributed by atoms with Crippen LogP contribution < -0.4 is 15.4 Å². The Balaban J connectivity index is 2.78. The maximum atomic E-state index is 12.1. The largest absolute Gasteiger partial charge is 0.489 e. The van der Waals surface area contributed by atoms with E-state index in [1.807, 2.05) is 20.8 Å². The molecule has 1 unspecified atom stereocenters. The van der Waals surface area contributed by atoms with E-state index in [2.05, 4.69) is 15.5 Å². The Morgan fingerprint density at radius 2 is 1.88 bits per heavy atom. The van der Waals surface area contributed by atoms with Crippen molar-refractivity contribution in [2.24, 2.45) is 0 Å². The van der Waals surface area contributed by atoms with Crippen LogP contribution in [0, 0.1) is 0 Å². The highest BCUT2D eigenvalue weighted by atomic mass is 17.1. The molecule has 11 heteroatoms. The van der Waals surface area contributed by atoms with Crippen molar-refractivity contribution in [2.75, 3.05) is 25.1 Å². The summed E-state index contributed by atoms with van der Waals surface area (Å²) >= 11 is 0. The van der Waals surface area contributed by atoms with Gasteiger partial charge in [-0.2, -0.15) is 0 Å². The van der Waals surface area contributed by atoms with Gasteiger partial charge in [0.25, 0.3) is 0 Å². The zero-order valence-electron chi connectivity index (χ0n) is 19.6. The Morgan fingerprint density at radius 1 is 1.15 bits per heavy atom. The molecular weight excluding hydrogens is 434 g/mol. The van der Waals surface area contributed by atoms with Crippen LogP contribution in [0.3, 0.4) is 0 Å². The predicted octanol–water partition coefficient (Wildman–Crippen LogP) is 2.71. The van der Waals surface area contributed by atoms with Crippen LogP contribution in [-0.4, -0.2) is 65.4 Å². The van der Waals surface area contributed by atoms with Crippen molar-refractivity contribution in [3.63, 3.8) is 0 Å². The smallest absolute Gasteiger partial charge is 0.306 e. The van der Waals surface area contributed by atoms with E-state index in [0.717, 1.165) is 0 Å². The number of ketones is 1. The average molecular weight is 470 g/mol. The maximum Gasteiger partial charge on any atom is 0.306 e. The highest BCUT2D eigenvalue weighted by molar-refractivity contribution is 5.99. The number of esters is 1. The van der Waals surface area contributed by atoms with E-state index in [0.29, 0.717) is 36.4 Å². The Bertz CT molecular complexity index is 770. The van der Waals surface area contributed by atoms with E-state index in [4.69, 9.17) is 19.9 Å². The van der Waals surface area contributed by atoms with Gasteiger partial charge in [-0.3, -0.25) is 29.6 Å². The van der Waals surface area contributed by atoms with Gasteiger partial charge in [-0.1, -0.05) is 20.8 Å². The molecule has 186 valence electrons. The van der Waals surface area contributed by atoms with Crippen LogP contribution in [0.15, 0.2) is 18.2 Å². The van der Waals surface area contributed by atoms with Crippen LogP contribution in [-0.2, 0) is 19.2 Å². The first-order chi connectivity index (χ1) is 15.6. The fraction of sp³-hybridized carbons (Fsp3) is 0.591. The van der Waals surface area contributed by atoms with Gasteiger partial charge in [-0.15, -0.1) is 0 Å². The third-order valence-corrected chi connectivity index (χ3v) is 4.33. The lowest BCUT2D eigenvalue weighted by atomic mass is 10.1. The van der Waals surface area contributed by atoms with E-state index < -0.39 is 17.5 Å². The molecule has 0 bridgehead atoms. The lowest BCUT2D eigenvalue weighted by molar-refractivity contribution is -0.492. The van der Waals surface area contributed by atoms with E-state index in [1.165, 1.54) is 6.92 Å². The van der Waals surface area contributed by atoms with Gasteiger partial charge in [0.2, 0.25) is 5.91 Å². The highest BCUT2D eigenvalue weighted by Gasteiger charge is 2.18. The van der Waals surface area contributed by atoms with Crippen LogP contribution >= 0.6 is 0 Å². The van der Waals surface area contributed by atoms with Crippen molar-refractivity contribution < 1.29 is 39.1 Å². The number of Topliss-reactive ketones (excluding diaryl/α,β-unsaturated/α-hetero) is 1. The summed E-state index contributed by atoms with van der Waals surface area (Å²) in [5, 5.41) is 22.5. The minimum Gasteiger partial charge on any atom is -0.489 e. The van der Waals surface area contributed by atoms with Crippen molar-refractivity contribution in [1.29, 1.82) is 0 Å². The van der Waals surface area contributed by atoms with E-state index in [1.54, 1.807) is 18.2 Å². The quantitative estimate of drug-likeness (QED) is 0.123. The molecule has 0 aromatic heterocycles. The van der Waals surface area contributed by atoms with Crippen molar-refractivity contribution in [3.8, 4) is 5.75 Å². The first-order valence-electron chi connectivity index (χ1n) is 10.9. The van der Waals surface area contributed by atoms with Gasteiger partial charge in [-0.25, -0.2) is 0 Å². The number of hydrogen-bond acceptors (Lipinski definition) is 10. The van der Waals surface area contributed by atoms with Crippen LogP contribution in [0.1, 0.15) is 63.7 Å². The number of rotatable bonds is 16. The molecule has 1 amide bonds. The van der Waals surface area contributed by atoms with Crippen molar-refractivity contribution >= 4 is 23.3 Å². The van der Waals surface area contributed by atoms with Crippen molar-refractivity contribution in [1.82, 2.24) is 10.7 Å². The second-order valence-corrected chi connectivity index (χ2v) is 7.74. The molecule has 0 saturated carbocycles. The molecule has 0 aliphatic heterocycles. The van der Waals surface area contributed by atoms with Gasteiger partial charge in [0, 0.05) is 31.1 Å². The van der Waals surface area contributed by atoms with Gasteiger partial charge < -0.3 is 20.1 Å². The second-order valence-electron chi connectivity index (χ2n) is 7.74. The molecule has 1 aromatic rings. The standard InChI is InChI=1S/C22H35N3O8/c1-5-7-21(27)24-17-9-10-20(19(12-17)16(4)26)31-14-18(13-23-15(2)3)33-22(28)8-6-11-32-25(29)30/h9-10,12,15,18,23,29-30H,5-8,11,13-14H2,1-4H3,(H,24,27). The Hall–Kier alpha value is -2.57. The van der Waals surface area contributed by atoms with E-state index in [9.17, 15) is 14.4 Å². The number of nitrogens with zero attached hydrogens (tertiary/aromatic N) is 1. The average Bonchev–Trinajstić information content (AvgIpc) is 2.73. The molecule has 4 N–H and O–H groups in total. The molecule has 11 nitrogen and oxygen atoms in total. The maximum absolute atomic E-state index is 12.1. The molecule has 1 rings (SSSR count). The van der Waals surface area contributed by atoms with Crippen molar-refractivity contribution in [2.45, 2.75) is 65.5 Å². The summed E-state index contributed by atoms with van der Waals surface area (Å²) in [6, 6.07) is 4.96. The second kappa shape index (κ2) is 15.3. The summed E-state index contributed by atoms with van der Waals surface area (Å²) in [6.45, 7) is 7.47. The zero-order valence-corrected chi connectivity index (χ0v) is 19.6. The molecule has 0 aliphatic rings. The summed E-state index contributed by atoms with van der Waals surface area (Å²) < 4.78 is 11.3. The molecule has 0 saturated heterocycles. The van der Waals surface area contributed by atoms with Crippen LogP contribution in [0.5, 0.6) is 5.75 Å². The summed E-state index contributed by atoms with van der Waals surface area (Å²) in [4.78, 5) is 40.5. The first-order valence-corrected chi connectivity index (χ1v) is 10.9. The molecular formula is C22H35N3O8. The minimum absolute atomic E-state index is 0.00480. The fourth-order valence-electron chi connectivity index (χ4n) is 2.75. The summed E-state index contributed by atoms with van der Waals surface area (Å²) in [5.41, 5.74) is 0.808. The summed E-state index contributed by atoms with van der Waals surface area (Å²) in [6.07, 6.45) is 0.703. The normalized spacial score (nSPS) is 12.0. The molecule has 0 aliphatic carbocycles. The van der Waals surface area contributed by atoms with E-state index in [-0.39, 0.29) is 43.8 Å². The number of nitrogens with one attached hydrogen (secondary N) is 2. The number of amides is 1. The van der Waals surface area contributed by atoms with Crippen LogP contribution in [0.2, 0.25) is 0 Å². The zero-order chi connectivity index (χ0) is 24.8.